The van der Waals surface area contributed by atoms with E-state index in [4.69, 9.17) is 22.7 Å². The third-order valence-electron chi connectivity index (χ3n) is 3.93. The molecule has 0 aliphatic heterocycles. The highest BCUT2D eigenvalue weighted by Gasteiger charge is 2.11. The fourth-order valence-electron chi connectivity index (χ4n) is 2.76. The Balaban J connectivity index is 1.82. The fourth-order valence-corrected chi connectivity index (χ4v) is 3.03. The number of carbonyl (C=O) groups is 1. The lowest BCUT2D eigenvalue weighted by molar-refractivity contribution is 0.259. The second-order valence-corrected chi connectivity index (χ2v) is 6.26. The second kappa shape index (κ2) is 7.40. The van der Waals surface area contributed by atoms with Crippen LogP contribution < -0.4 is 21.1 Å². The van der Waals surface area contributed by atoms with Crippen molar-refractivity contribution < 1.29 is 9.53 Å². The number of benzene rings is 2. The first kappa shape index (κ1) is 17.7. The van der Waals surface area contributed by atoms with Gasteiger partial charge in [0.1, 0.15) is 11.3 Å². The van der Waals surface area contributed by atoms with Gasteiger partial charge in [-0.1, -0.05) is 18.3 Å². The zero-order valence-corrected chi connectivity index (χ0v) is 15.3. The number of urea groups is 1. The minimum absolute atomic E-state index is 0.440. The van der Waals surface area contributed by atoms with Crippen molar-refractivity contribution in [2.75, 3.05) is 17.7 Å². The molecule has 3 rings (SSSR count). The number of aryl methyl sites for hydroxylation is 1. The van der Waals surface area contributed by atoms with Crippen LogP contribution in [0.3, 0.4) is 0 Å². The lowest BCUT2D eigenvalue weighted by atomic mass is 10.1. The molecule has 0 spiro atoms. The Morgan fingerprint density at radius 3 is 2.85 bits per heavy atom. The Kier molecular flexibility index (Phi) is 5.04. The summed E-state index contributed by atoms with van der Waals surface area (Å²) < 4.78 is 7.33. The summed E-state index contributed by atoms with van der Waals surface area (Å²) in [5.74, 6) is 0.681. The molecule has 1 aromatic heterocycles. The largest absolute Gasteiger partial charge is 0.496 e. The molecule has 2 aromatic carbocycles. The predicted molar refractivity (Wildman–Crippen MR) is 107 cm³/mol. The van der Waals surface area contributed by atoms with Crippen molar-refractivity contribution in [1.82, 2.24) is 9.55 Å². The normalized spacial score (nSPS) is 10.5. The van der Waals surface area contributed by atoms with Crippen LogP contribution in [-0.4, -0.2) is 27.7 Å². The summed E-state index contributed by atoms with van der Waals surface area (Å²) in [6.45, 7) is 0. The number of nitrogens with zero attached hydrogens (tertiary/aromatic N) is 2. The molecule has 3 aromatic rings. The van der Waals surface area contributed by atoms with Gasteiger partial charge in [0.25, 0.3) is 0 Å². The van der Waals surface area contributed by atoms with Crippen molar-refractivity contribution in [1.29, 1.82) is 0 Å². The van der Waals surface area contributed by atoms with Gasteiger partial charge in [0.05, 0.1) is 29.6 Å². The van der Waals surface area contributed by atoms with Gasteiger partial charge in [-0.2, -0.15) is 0 Å². The molecule has 0 fully saturated rings. The maximum absolute atomic E-state index is 11.1. The summed E-state index contributed by atoms with van der Waals surface area (Å²) in [5.41, 5.74) is 9.32. The van der Waals surface area contributed by atoms with E-state index in [1.807, 2.05) is 29.8 Å². The van der Waals surface area contributed by atoms with Gasteiger partial charge in [-0.05, 0) is 30.3 Å². The lowest BCUT2D eigenvalue weighted by Gasteiger charge is -2.13. The second-order valence-electron chi connectivity index (χ2n) is 5.77. The number of rotatable bonds is 5. The molecule has 0 radical (unpaired) electrons. The quantitative estimate of drug-likeness (QED) is 0.601. The van der Waals surface area contributed by atoms with E-state index in [9.17, 15) is 4.79 Å². The number of fused-ring (bicyclic) bond motifs is 1. The standard InChI is InChI=1S/C18H19N5O2S/c1-23-10-20-17-13(4-3-5-14(17)23)22-16(26)9-11-8-12(21-18(19)24)6-7-15(11)25-2/h3-8,10H,9H2,1-2H3,(H,22,26)(H3,19,21,24). The molecule has 0 unspecified atom stereocenters. The first-order valence-corrected chi connectivity index (χ1v) is 8.32. The Hall–Kier alpha value is -3.13. The molecule has 0 atom stereocenters. The molecule has 2 amide bonds. The third-order valence-corrected chi connectivity index (χ3v) is 4.17. The van der Waals surface area contributed by atoms with Crippen LogP contribution in [0.5, 0.6) is 5.75 Å². The zero-order valence-electron chi connectivity index (χ0n) is 14.4. The van der Waals surface area contributed by atoms with Gasteiger partial charge >= 0.3 is 6.03 Å². The summed E-state index contributed by atoms with van der Waals surface area (Å²) in [7, 11) is 3.53. The summed E-state index contributed by atoms with van der Waals surface area (Å²) in [6.07, 6.45) is 2.21. The van der Waals surface area contributed by atoms with Crippen molar-refractivity contribution in [2.24, 2.45) is 12.8 Å². The van der Waals surface area contributed by atoms with Gasteiger partial charge in [0.2, 0.25) is 0 Å². The smallest absolute Gasteiger partial charge is 0.316 e. The summed E-state index contributed by atoms with van der Waals surface area (Å²) >= 11 is 5.51. The number of imidazole rings is 1. The molecular weight excluding hydrogens is 350 g/mol. The number of nitrogens with one attached hydrogen (secondary N) is 2. The van der Waals surface area contributed by atoms with Gasteiger partial charge in [0.15, 0.2) is 0 Å². The SMILES string of the molecule is COc1ccc(NC(N)=O)cc1CC(=S)Nc1cccc2c1ncn2C. The molecule has 1 heterocycles. The Bertz CT molecular complexity index is 983. The number of hydrogen-bond donors (Lipinski definition) is 3. The third kappa shape index (κ3) is 3.75. The van der Waals surface area contributed by atoms with Crippen molar-refractivity contribution in [3.8, 4) is 5.75 Å². The van der Waals surface area contributed by atoms with Crippen LogP contribution in [0.2, 0.25) is 0 Å². The van der Waals surface area contributed by atoms with Crippen molar-refractivity contribution in [3.63, 3.8) is 0 Å². The van der Waals surface area contributed by atoms with Crippen LogP contribution in [-0.2, 0) is 13.5 Å². The predicted octanol–water partition coefficient (Wildman–Crippen LogP) is 3.05. The molecular formula is C18H19N5O2S. The van der Waals surface area contributed by atoms with E-state index in [0.717, 1.165) is 22.3 Å². The number of aromatic nitrogens is 2. The molecule has 26 heavy (non-hydrogen) atoms. The number of anilines is 2. The summed E-state index contributed by atoms with van der Waals surface area (Å²) in [6, 6.07) is 10.5. The monoisotopic (exact) mass is 369 g/mol. The van der Waals surface area contributed by atoms with E-state index < -0.39 is 6.03 Å². The number of thiocarbonyl (C=S) groups is 1. The topological polar surface area (TPSA) is 94.2 Å². The van der Waals surface area contributed by atoms with Gasteiger partial charge in [-0.15, -0.1) is 0 Å². The van der Waals surface area contributed by atoms with E-state index in [2.05, 4.69) is 15.6 Å². The van der Waals surface area contributed by atoms with Crippen LogP contribution in [0.15, 0.2) is 42.7 Å². The number of para-hydroxylation sites is 1. The van der Waals surface area contributed by atoms with Crippen LogP contribution in [0.1, 0.15) is 5.56 Å². The van der Waals surface area contributed by atoms with Gasteiger partial charge < -0.3 is 25.7 Å². The number of nitrogens with two attached hydrogens (primary N) is 1. The van der Waals surface area contributed by atoms with Gasteiger partial charge in [-0.3, -0.25) is 0 Å². The van der Waals surface area contributed by atoms with E-state index in [0.29, 0.717) is 22.8 Å². The number of amides is 2. The maximum atomic E-state index is 11.1. The van der Waals surface area contributed by atoms with E-state index in [1.54, 1.807) is 31.6 Å². The average Bonchev–Trinajstić information content (AvgIpc) is 2.97. The highest BCUT2D eigenvalue weighted by molar-refractivity contribution is 7.80. The number of carbonyl (C=O) groups excluding carboxylic acids is 1. The molecule has 0 aliphatic carbocycles. The Morgan fingerprint density at radius 1 is 1.31 bits per heavy atom. The van der Waals surface area contributed by atoms with Crippen molar-refractivity contribution in [2.45, 2.75) is 6.42 Å². The molecule has 0 bridgehead atoms. The Labute approximate surface area is 156 Å². The van der Waals surface area contributed by atoms with Gasteiger partial charge in [-0.25, -0.2) is 9.78 Å². The van der Waals surface area contributed by atoms with Crippen molar-refractivity contribution >= 4 is 45.6 Å². The molecule has 0 aliphatic rings. The van der Waals surface area contributed by atoms with Crippen LogP contribution >= 0.6 is 12.2 Å². The minimum atomic E-state index is -0.622. The molecule has 8 heteroatoms. The minimum Gasteiger partial charge on any atom is -0.496 e. The van der Waals surface area contributed by atoms with Crippen LogP contribution in [0, 0.1) is 0 Å². The fraction of sp³-hybridized carbons (Fsp3) is 0.167. The molecule has 134 valence electrons. The molecule has 0 saturated carbocycles. The number of methoxy groups -OCH3 is 1. The highest BCUT2D eigenvalue weighted by atomic mass is 32.1. The number of hydrogen-bond acceptors (Lipinski definition) is 4. The molecule has 7 nitrogen and oxygen atoms in total. The zero-order chi connectivity index (χ0) is 18.7. The number of primary amides is 1. The first-order chi connectivity index (χ1) is 12.5. The number of ether oxygens (including phenoxy) is 1. The molecule has 4 N–H and O–H groups in total. The maximum Gasteiger partial charge on any atom is 0.316 e. The van der Waals surface area contributed by atoms with E-state index in [1.165, 1.54) is 0 Å². The Morgan fingerprint density at radius 2 is 2.12 bits per heavy atom. The van der Waals surface area contributed by atoms with Crippen LogP contribution in [0.4, 0.5) is 16.2 Å². The van der Waals surface area contributed by atoms with E-state index in [-0.39, 0.29) is 0 Å². The summed E-state index contributed by atoms with van der Waals surface area (Å²) in [4.78, 5) is 16.1. The highest BCUT2D eigenvalue weighted by Crippen LogP contribution is 2.25. The van der Waals surface area contributed by atoms with Crippen LogP contribution in [0.25, 0.3) is 11.0 Å². The van der Waals surface area contributed by atoms with Gasteiger partial charge in [0, 0.05) is 24.7 Å². The van der Waals surface area contributed by atoms with E-state index >= 15 is 0 Å². The molecule has 0 saturated heterocycles. The lowest BCUT2D eigenvalue weighted by Crippen LogP contribution is -2.19. The first-order valence-electron chi connectivity index (χ1n) is 7.91. The average molecular weight is 369 g/mol. The van der Waals surface area contributed by atoms with Crippen molar-refractivity contribution in [3.05, 3.63) is 48.3 Å². The summed E-state index contributed by atoms with van der Waals surface area (Å²) in [5, 5.41) is 5.80.